The molecular formula is C23H27N3O2S. The highest BCUT2D eigenvalue weighted by atomic mass is 32.2. The quantitative estimate of drug-likeness (QED) is 0.514. The lowest BCUT2D eigenvalue weighted by atomic mass is 9.87. The first-order valence-electron chi connectivity index (χ1n) is 9.70. The average Bonchev–Trinajstić information content (AvgIpc) is 3.15. The van der Waals surface area contributed by atoms with Gasteiger partial charge in [0, 0.05) is 11.3 Å². The fourth-order valence-electron chi connectivity index (χ4n) is 2.93. The Morgan fingerprint density at radius 3 is 2.41 bits per heavy atom. The number of benzene rings is 2. The maximum absolute atomic E-state index is 12.3. The molecule has 0 bridgehead atoms. The summed E-state index contributed by atoms with van der Waals surface area (Å²) in [6.07, 6.45) is 0. The topological polar surface area (TPSA) is 68.0 Å². The van der Waals surface area contributed by atoms with Crippen molar-refractivity contribution < 1.29 is 9.21 Å². The molecule has 0 radical (unpaired) electrons. The van der Waals surface area contributed by atoms with Crippen LogP contribution in [0.2, 0.25) is 0 Å². The third kappa shape index (κ3) is 5.48. The first kappa shape index (κ1) is 21.1. The highest BCUT2D eigenvalue weighted by Gasteiger charge is 2.16. The molecule has 0 aliphatic carbocycles. The molecule has 0 aliphatic rings. The number of carbonyl (C=O) groups is 1. The summed E-state index contributed by atoms with van der Waals surface area (Å²) >= 11 is 1.23. The van der Waals surface area contributed by atoms with Gasteiger partial charge in [0.05, 0.1) is 5.75 Å². The van der Waals surface area contributed by atoms with E-state index in [0.29, 0.717) is 17.0 Å². The molecule has 6 heteroatoms. The third-order valence-electron chi connectivity index (χ3n) is 4.59. The summed E-state index contributed by atoms with van der Waals surface area (Å²) in [5.41, 5.74) is 4.17. The summed E-state index contributed by atoms with van der Waals surface area (Å²) in [6, 6.07) is 16.0. The van der Waals surface area contributed by atoms with Crippen LogP contribution in [0.25, 0.3) is 11.5 Å². The maximum Gasteiger partial charge on any atom is 0.277 e. The number of thioether (sulfide) groups is 1. The molecule has 152 valence electrons. The Kier molecular flexibility index (Phi) is 6.42. The SMILES string of the molecule is CC(C)c1ccccc1NC(=O)CSc1nnc(-c2ccc(C(C)(C)C)cc2)o1. The number of amides is 1. The number of anilines is 1. The van der Waals surface area contributed by atoms with Crippen LogP contribution in [0, 0.1) is 0 Å². The van der Waals surface area contributed by atoms with E-state index in [9.17, 15) is 4.79 Å². The van der Waals surface area contributed by atoms with Crippen molar-refractivity contribution in [2.24, 2.45) is 0 Å². The zero-order chi connectivity index (χ0) is 21.0. The van der Waals surface area contributed by atoms with Gasteiger partial charge < -0.3 is 9.73 Å². The number of rotatable bonds is 6. The summed E-state index contributed by atoms with van der Waals surface area (Å²) in [5, 5.41) is 11.5. The molecular weight excluding hydrogens is 382 g/mol. The molecule has 0 saturated heterocycles. The van der Waals surface area contributed by atoms with Crippen LogP contribution < -0.4 is 5.32 Å². The Morgan fingerprint density at radius 1 is 1.07 bits per heavy atom. The van der Waals surface area contributed by atoms with Crippen molar-refractivity contribution in [3.63, 3.8) is 0 Å². The van der Waals surface area contributed by atoms with E-state index in [0.717, 1.165) is 16.8 Å². The van der Waals surface area contributed by atoms with Crippen molar-refractivity contribution in [3.8, 4) is 11.5 Å². The van der Waals surface area contributed by atoms with E-state index < -0.39 is 0 Å². The van der Waals surface area contributed by atoms with Crippen molar-refractivity contribution in [1.29, 1.82) is 0 Å². The minimum atomic E-state index is -0.0996. The fourth-order valence-corrected chi connectivity index (χ4v) is 3.49. The van der Waals surface area contributed by atoms with E-state index in [1.54, 1.807) is 0 Å². The average molecular weight is 410 g/mol. The number of carbonyl (C=O) groups excluding carboxylic acids is 1. The van der Waals surface area contributed by atoms with Crippen LogP contribution in [-0.4, -0.2) is 21.9 Å². The van der Waals surface area contributed by atoms with Crippen LogP contribution in [0.4, 0.5) is 5.69 Å². The first-order chi connectivity index (χ1) is 13.7. The zero-order valence-electron chi connectivity index (χ0n) is 17.5. The Labute approximate surface area is 176 Å². The second-order valence-corrected chi connectivity index (χ2v) is 9.21. The smallest absolute Gasteiger partial charge is 0.277 e. The molecule has 0 atom stereocenters. The molecule has 0 fully saturated rings. The van der Waals surface area contributed by atoms with Gasteiger partial charge in [-0.2, -0.15) is 0 Å². The van der Waals surface area contributed by atoms with E-state index in [4.69, 9.17) is 4.42 Å². The van der Waals surface area contributed by atoms with E-state index in [-0.39, 0.29) is 17.1 Å². The zero-order valence-corrected chi connectivity index (χ0v) is 18.3. The molecule has 2 aromatic carbocycles. The molecule has 1 aromatic heterocycles. The van der Waals surface area contributed by atoms with E-state index in [2.05, 4.69) is 62.3 Å². The minimum absolute atomic E-state index is 0.0932. The lowest BCUT2D eigenvalue weighted by Gasteiger charge is -2.18. The largest absolute Gasteiger partial charge is 0.411 e. The molecule has 3 aromatic rings. The fraction of sp³-hybridized carbons (Fsp3) is 0.348. The first-order valence-corrected chi connectivity index (χ1v) is 10.7. The van der Waals surface area contributed by atoms with E-state index in [1.165, 1.54) is 17.3 Å². The summed E-state index contributed by atoms with van der Waals surface area (Å²) in [6.45, 7) is 10.7. The van der Waals surface area contributed by atoms with Gasteiger partial charge in [-0.3, -0.25) is 4.79 Å². The van der Waals surface area contributed by atoms with Crippen LogP contribution >= 0.6 is 11.8 Å². The third-order valence-corrected chi connectivity index (χ3v) is 5.41. The Morgan fingerprint density at radius 2 is 1.76 bits per heavy atom. The number of hydrogen-bond donors (Lipinski definition) is 1. The summed E-state index contributed by atoms with van der Waals surface area (Å²) in [7, 11) is 0. The normalized spacial score (nSPS) is 11.7. The molecule has 5 nitrogen and oxygen atoms in total. The van der Waals surface area contributed by atoms with Crippen LogP contribution in [0.1, 0.15) is 51.7 Å². The Balaban J connectivity index is 1.60. The maximum atomic E-state index is 12.3. The summed E-state index contributed by atoms with van der Waals surface area (Å²) in [5.74, 6) is 0.898. The van der Waals surface area contributed by atoms with Crippen LogP contribution in [0.5, 0.6) is 0 Å². The number of aromatic nitrogens is 2. The number of hydrogen-bond acceptors (Lipinski definition) is 5. The van der Waals surface area contributed by atoms with Gasteiger partial charge in [0.15, 0.2) is 0 Å². The van der Waals surface area contributed by atoms with E-state index >= 15 is 0 Å². The van der Waals surface area contributed by atoms with Gasteiger partial charge in [0.1, 0.15) is 0 Å². The molecule has 0 unspecified atom stereocenters. The van der Waals surface area contributed by atoms with Gasteiger partial charge in [-0.05, 0) is 40.7 Å². The molecule has 3 rings (SSSR count). The lowest BCUT2D eigenvalue weighted by molar-refractivity contribution is -0.113. The second kappa shape index (κ2) is 8.82. The van der Waals surface area contributed by atoms with Crippen LogP contribution in [0.3, 0.4) is 0 Å². The van der Waals surface area contributed by atoms with Crippen LogP contribution in [-0.2, 0) is 10.2 Å². The van der Waals surface area contributed by atoms with Crippen molar-refractivity contribution in [2.75, 3.05) is 11.1 Å². The Bertz CT molecular complexity index is 972. The van der Waals surface area contributed by atoms with Crippen molar-refractivity contribution in [1.82, 2.24) is 10.2 Å². The van der Waals surface area contributed by atoms with Crippen LogP contribution in [0.15, 0.2) is 58.2 Å². The predicted molar refractivity (Wildman–Crippen MR) is 118 cm³/mol. The van der Waals surface area contributed by atoms with Gasteiger partial charge >= 0.3 is 0 Å². The summed E-state index contributed by atoms with van der Waals surface area (Å²) < 4.78 is 5.72. The monoisotopic (exact) mass is 409 g/mol. The van der Waals surface area contributed by atoms with E-state index in [1.807, 2.05) is 36.4 Å². The number of para-hydroxylation sites is 1. The molecule has 0 spiro atoms. The van der Waals surface area contributed by atoms with Gasteiger partial charge in [0.25, 0.3) is 5.22 Å². The standard InChI is InChI=1S/C23H27N3O2S/c1-15(2)18-8-6-7-9-19(18)24-20(27)14-29-22-26-25-21(28-22)16-10-12-17(13-11-16)23(3,4)5/h6-13,15H,14H2,1-5H3,(H,24,27). The highest BCUT2D eigenvalue weighted by molar-refractivity contribution is 7.99. The van der Waals surface area contributed by atoms with Gasteiger partial charge in [-0.25, -0.2) is 0 Å². The van der Waals surface area contributed by atoms with Gasteiger partial charge in [-0.15, -0.1) is 10.2 Å². The minimum Gasteiger partial charge on any atom is -0.411 e. The lowest BCUT2D eigenvalue weighted by Crippen LogP contribution is -2.15. The number of nitrogens with one attached hydrogen (secondary N) is 1. The van der Waals surface area contributed by atoms with Crippen molar-refractivity contribution in [3.05, 3.63) is 59.7 Å². The Hall–Kier alpha value is -2.60. The van der Waals surface area contributed by atoms with Gasteiger partial charge in [0.2, 0.25) is 11.8 Å². The molecule has 1 amide bonds. The predicted octanol–water partition coefficient (Wildman–Crippen LogP) is 5.89. The van der Waals surface area contributed by atoms with Crippen molar-refractivity contribution in [2.45, 2.75) is 51.2 Å². The highest BCUT2D eigenvalue weighted by Crippen LogP contribution is 2.28. The molecule has 0 aliphatic heterocycles. The second-order valence-electron chi connectivity index (χ2n) is 8.28. The van der Waals surface area contributed by atoms with Gasteiger partial charge in [-0.1, -0.05) is 76.7 Å². The molecule has 1 heterocycles. The molecule has 0 saturated carbocycles. The summed E-state index contributed by atoms with van der Waals surface area (Å²) in [4.78, 5) is 12.3. The number of nitrogens with zero attached hydrogens (tertiary/aromatic N) is 2. The molecule has 29 heavy (non-hydrogen) atoms. The van der Waals surface area contributed by atoms with Crippen molar-refractivity contribution >= 4 is 23.4 Å². The molecule has 1 N–H and O–H groups in total.